The van der Waals surface area contributed by atoms with Gasteiger partial charge >= 0.3 is 0 Å². The highest BCUT2D eigenvalue weighted by Crippen LogP contribution is 2.30. The van der Waals surface area contributed by atoms with Gasteiger partial charge in [0.1, 0.15) is 0 Å². The lowest BCUT2D eigenvalue weighted by Crippen LogP contribution is -2.51. The van der Waals surface area contributed by atoms with E-state index in [-0.39, 0.29) is 11.0 Å². The van der Waals surface area contributed by atoms with Crippen LogP contribution in [0.3, 0.4) is 0 Å². The van der Waals surface area contributed by atoms with E-state index in [2.05, 4.69) is 75.3 Å². The largest absolute Gasteiger partial charge is 0.311 e. The van der Waals surface area contributed by atoms with Gasteiger partial charge in [-0.3, -0.25) is 0 Å². The predicted octanol–water partition coefficient (Wildman–Crippen LogP) is 3.82. The SMILES string of the molecule is CN(CC(C)(CNC(C)(C)C)c1ccccc1)C1CCC1. The molecule has 0 spiro atoms. The third kappa shape index (κ3) is 4.55. The molecule has 1 unspecified atom stereocenters. The van der Waals surface area contributed by atoms with Gasteiger partial charge in [0.2, 0.25) is 0 Å². The predicted molar refractivity (Wildman–Crippen MR) is 91.8 cm³/mol. The monoisotopic (exact) mass is 288 g/mol. The summed E-state index contributed by atoms with van der Waals surface area (Å²) in [7, 11) is 2.29. The number of hydrogen-bond donors (Lipinski definition) is 1. The Morgan fingerprint density at radius 1 is 1.10 bits per heavy atom. The van der Waals surface area contributed by atoms with Crippen LogP contribution in [0.5, 0.6) is 0 Å². The minimum Gasteiger partial charge on any atom is -0.311 e. The van der Waals surface area contributed by atoms with E-state index in [0.717, 1.165) is 19.1 Å². The van der Waals surface area contributed by atoms with Crippen LogP contribution in [0.2, 0.25) is 0 Å². The van der Waals surface area contributed by atoms with E-state index in [9.17, 15) is 0 Å². The Hall–Kier alpha value is -0.860. The summed E-state index contributed by atoms with van der Waals surface area (Å²) in [5.74, 6) is 0. The van der Waals surface area contributed by atoms with Crippen molar-refractivity contribution in [2.45, 2.75) is 64.0 Å². The molecule has 2 rings (SSSR count). The lowest BCUT2D eigenvalue weighted by molar-refractivity contribution is 0.126. The summed E-state index contributed by atoms with van der Waals surface area (Å²) in [6.45, 7) is 11.3. The van der Waals surface area contributed by atoms with Gasteiger partial charge in [-0.2, -0.15) is 0 Å². The third-order valence-electron chi connectivity index (χ3n) is 4.78. The quantitative estimate of drug-likeness (QED) is 0.856. The fourth-order valence-corrected chi connectivity index (χ4v) is 3.06. The molecule has 1 aromatic rings. The van der Waals surface area contributed by atoms with Crippen molar-refractivity contribution in [3.63, 3.8) is 0 Å². The minimum absolute atomic E-state index is 0.152. The van der Waals surface area contributed by atoms with Crippen LogP contribution in [-0.2, 0) is 5.41 Å². The molecule has 118 valence electrons. The molecule has 0 aromatic heterocycles. The van der Waals surface area contributed by atoms with E-state index in [1.807, 2.05) is 0 Å². The number of nitrogens with one attached hydrogen (secondary N) is 1. The second kappa shape index (κ2) is 6.50. The van der Waals surface area contributed by atoms with Crippen LogP contribution in [0, 0.1) is 0 Å². The van der Waals surface area contributed by atoms with Gasteiger partial charge in [0.25, 0.3) is 0 Å². The smallest absolute Gasteiger partial charge is 0.0177 e. The number of nitrogens with zero attached hydrogens (tertiary/aromatic N) is 1. The summed E-state index contributed by atoms with van der Waals surface area (Å²) in [6.07, 6.45) is 4.14. The number of likely N-dealkylation sites (N-methyl/N-ethyl adjacent to an activating group) is 1. The lowest BCUT2D eigenvalue weighted by Gasteiger charge is -2.42. The fraction of sp³-hybridized carbons (Fsp3) is 0.684. The molecular formula is C19H32N2. The highest BCUT2D eigenvalue weighted by molar-refractivity contribution is 5.26. The Labute approximate surface area is 130 Å². The lowest BCUT2D eigenvalue weighted by atomic mass is 9.80. The summed E-state index contributed by atoms with van der Waals surface area (Å²) in [4.78, 5) is 2.57. The maximum absolute atomic E-state index is 3.71. The fourth-order valence-electron chi connectivity index (χ4n) is 3.06. The normalized spacial score (nSPS) is 19.3. The van der Waals surface area contributed by atoms with Crippen LogP contribution in [-0.4, -0.2) is 36.6 Å². The first-order chi connectivity index (χ1) is 9.80. The molecule has 1 atom stereocenters. The molecule has 0 heterocycles. The maximum Gasteiger partial charge on any atom is 0.0177 e. The van der Waals surface area contributed by atoms with Crippen LogP contribution >= 0.6 is 0 Å². The molecule has 0 aliphatic heterocycles. The van der Waals surface area contributed by atoms with Gasteiger partial charge in [0.05, 0.1) is 0 Å². The van der Waals surface area contributed by atoms with Gasteiger partial charge in [-0.15, -0.1) is 0 Å². The first-order valence-corrected chi connectivity index (χ1v) is 8.31. The first-order valence-electron chi connectivity index (χ1n) is 8.31. The first kappa shape index (κ1) is 16.5. The molecule has 1 saturated carbocycles. The van der Waals surface area contributed by atoms with Crippen molar-refractivity contribution in [2.75, 3.05) is 20.1 Å². The van der Waals surface area contributed by atoms with E-state index in [0.29, 0.717) is 0 Å². The van der Waals surface area contributed by atoms with Gasteiger partial charge in [-0.25, -0.2) is 0 Å². The molecule has 1 aliphatic rings. The average Bonchev–Trinajstić information content (AvgIpc) is 2.34. The highest BCUT2D eigenvalue weighted by atomic mass is 15.1. The highest BCUT2D eigenvalue weighted by Gasteiger charge is 2.33. The Balaban J connectivity index is 2.12. The summed E-state index contributed by atoms with van der Waals surface area (Å²) < 4.78 is 0. The topological polar surface area (TPSA) is 15.3 Å². The second-order valence-corrected chi connectivity index (χ2v) is 8.03. The van der Waals surface area contributed by atoms with Crippen LogP contribution < -0.4 is 5.32 Å². The molecular weight excluding hydrogens is 256 g/mol. The summed E-state index contributed by atoms with van der Waals surface area (Å²) in [6, 6.07) is 11.8. The van der Waals surface area contributed by atoms with E-state index in [1.165, 1.54) is 24.8 Å². The van der Waals surface area contributed by atoms with Crippen molar-refractivity contribution in [2.24, 2.45) is 0 Å². The van der Waals surface area contributed by atoms with Crippen molar-refractivity contribution >= 4 is 0 Å². The van der Waals surface area contributed by atoms with Crippen molar-refractivity contribution in [1.82, 2.24) is 10.2 Å². The molecule has 0 bridgehead atoms. The van der Waals surface area contributed by atoms with Crippen LogP contribution in [0.25, 0.3) is 0 Å². The van der Waals surface area contributed by atoms with Gasteiger partial charge in [-0.05, 0) is 46.2 Å². The number of hydrogen-bond acceptors (Lipinski definition) is 2. The van der Waals surface area contributed by atoms with Crippen LogP contribution in [0.1, 0.15) is 52.5 Å². The molecule has 1 fully saturated rings. The molecule has 21 heavy (non-hydrogen) atoms. The van der Waals surface area contributed by atoms with Gasteiger partial charge in [0, 0.05) is 30.1 Å². The van der Waals surface area contributed by atoms with Crippen LogP contribution in [0.15, 0.2) is 30.3 Å². The van der Waals surface area contributed by atoms with E-state index < -0.39 is 0 Å². The van der Waals surface area contributed by atoms with Gasteiger partial charge in [-0.1, -0.05) is 43.7 Å². The van der Waals surface area contributed by atoms with E-state index in [4.69, 9.17) is 0 Å². The zero-order chi connectivity index (χ0) is 15.5. The zero-order valence-electron chi connectivity index (χ0n) is 14.4. The molecule has 1 aliphatic carbocycles. The molecule has 2 heteroatoms. The number of benzene rings is 1. The standard InChI is InChI=1S/C19H32N2/c1-18(2,3)20-14-19(4,16-10-7-6-8-11-16)15-21(5)17-12-9-13-17/h6-8,10-11,17,20H,9,12-15H2,1-5H3. The maximum atomic E-state index is 3.71. The Morgan fingerprint density at radius 3 is 2.19 bits per heavy atom. The second-order valence-electron chi connectivity index (χ2n) is 8.03. The molecule has 1 aromatic carbocycles. The third-order valence-corrected chi connectivity index (χ3v) is 4.78. The molecule has 2 nitrogen and oxygen atoms in total. The minimum atomic E-state index is 0.152. The van der Waals surface area contributed by atoms with Gasteiger partial charge < -0.3 is 10.2 Å². The van der Waals surface area contributed by atoms with Crippen molar-refractivity contribution in [3.05, 3.63) is 35.9 Å². The van der Waals surface area contributed by atoms with Crippen molar-refractivity contribution < 1.29 is 0 Å². The number of rotatable bonds is 6. The Bertz CT molecular complexity index is 431. The van der Waals surface area contributed by atoms with Crippen LogP contribution in [0.4, 0.5) is 0 Å². The Morgan fingerprint density at radius 2 is 1.71 bits per heavy atom. The van der Waals surface area contributed by atoms with Gasteiger partial charge in [0.15, 0.2) is 0 Å². The van der Waals surface area contributed by atoms with E-state index in [1.54, 1.807) is 0 Å². The average molecular weight is 288 g/mol. The Kier molecular flexibility index (Phi) is 5.11. The van der Waals surface area contributed by atoms with Crippen molar-refractivity contribution in [1.29, 1.82) is 0 Å². The van der Waals surface area contributed by atoms with E-state index >= 15 is 0 Å². The summed E-state index contributed by atoms with van der Waals surface area (Å²) >= 11 is 0. The summed E-state index contributed by atoms with van der Waals surface area (Å²) in [5, 5.41) is 3.71. The molecule has 1 N–H and O–H groups in total. The molecule has 0 saturated heterocycles. The molecule has 0 amide bonds. The van der Waals surface area contributed by atoms with Crippen molar-refractivity contribution in [3.8, 4) is 0 Å². The molecule has 0 radical (unpaired) electrons. The zero-order valence-corrected chi connectivity index (χ0v) is 14.4. The summed E-state index contributed by atoms with van der Waals surface area (Å²) in [5.41, 5.74) is 1.75.